The Morgan fingerprint density at radius 2 is 2.06 bits per heavy atom. The smallest absolute Gasteiger partial charge is 0.293 e. The van der Waals surface area contributed by atoms with E-state index in [0.717, 1.165) is 22.7 Å². The number of rotatable bonds is 4. The van der Waals surface area contributed by atoms with Crippen LogP contribution in [0, 0.1) is 5.82 Å². The van der Waals surface area contributed by atoms with Crippen molar-refractivity contribution in [3.8, 4) is 17.0 Å². The zero-order valence-electron chi connectivity index (χ0n) is 16.7. The van der Waals surface area contributed by atoms with Crippen molar-refractivity contribution in [2.24, 2.45) is 0 Å². The lowest BCUT2D eigenvalue weighted by molar-refractivity contribution is 0.0648. The molecular formula is C23H19FN4O3. The second kappa shape index (κ2) is 7.71. The van der Waals surface area contributed by atoms with Gasteiger partial charge >= 0.3 is 0 Å². The van der Waals surface area contributed by atoms with E-state index in [1.807, 2.05) is 24.3 Å². The molecule has 1 aliphatic rings. The minimum absolute atomic E-state index is 0.0942. The lowest BCUT2D eigenvalue weighted by Crippen LogP contribution is -2.40. The molecule has 5 rings (SSSR count). The Kier molecular flexibility index (Phi) is 4.74. The number of imidazole rings is 1. The minimum atomic E-state index is -0.380. The van der Waals surface area contributed by atoms with Crippen LogP contribution < -0.4 is 4.74 Å². The quantitative estimate of drug-likeness (QED) is 0.542. The molecule has 2 aromatic carbocycles. The third-order valence-electron chi connectivity index (χ3n) is 5.46. The number of nitrogens with one attached hydrogen (secondary N) is 1. The van der Waals surface area contributed by atoms with E-state index in [4.69, 9.17) is 9.26 Å². The van der Waals surface area contributed by atoms with Crippen molar-refractivity contribution >= 4 is 5.91 Å². The number of nitrogens with zero attached hydrogens (tertiary/aromatic N) is 3. The molecule has 2 aromatic heterocycles. The Labute approximate surface area is 177 Å². The van der Waals surface area contributed by atoms with Crippen LogP contribution in [-0.4, -0.2) is 39.6 Å². The fourth-order valence-electron chi connectivity index (χ4n) is 3.92. The summed E-state index contributed by atoms with van der Waals surface area (Å²) in [7, 11) is 1.61. The van der Waals surface area contributed by atoms with Gasteiger partial charge in [0.25, 0.3) is 5.91 Å². The molecule has 0 saturated carbocycles. The zero-order chi connectivity index (χ0) is 21.4. The molecule has 156 valence electrons. The molecule has 0 unspecified atom stereocenters. The van der Waals surface area contributed by atoms with E-state index in [9.17, 15) is 9.18 Å². The van der Waals surface area contributed by atoms with Gasteiger partial charge in [0.15, 0.2) is 0 Å². The first kappa shape index (κ1) is 19.0. The van der Waals surface area contributed by atoms with Gasteiger partial charge in [0.1, 0.15) is 23.3 Å². The maximum absolute atomic E-state index is 13.6. The zero-order valence-corrected chi connectivity index (χ0v) is 16.7. The number of benzene rings is 2. The van der Waals surface area contributed by atoms with Crippen molar-refractivity contribution < 1.29 is 18.4 Å². The summed E-state index contributed by atoms with van der Waals surface area (Å²) >= 11 is 0. The van der Waals surface area contributed by atoms with Crippen LogP contribution in [0.15, 0.2) is 65.4 Å². The van der Waals surface area contributed by atoms with Crippen molar-refractivity contribution in [2.45, 2.75) is 12.5 Å². The number of fused-ring (bicyclic) bond motifs is 1. The molecule has 0 bridgehead atoms. The molecule has 0 saturated heterocycles. The largest absolute Gasteiger partial charge is 0.497 e. The number of H-pyrrole nitrogens is 1. The molecule has 0 aliphatic carbocycles. The Morgan fingerprint density at radius 3 is 2.84 bits per heavy atom. The number of ether oxygens (including phenoxy) is 1. The van der Waals surface area contributed by atoms with E-state index < -0.39 is 0 Å². The van der Waals surface area contributed by atoms with E-state index >= 15 is 0 Å². The molecule has 8 heteroatoms. The molecule has 1 atom stereocenters. The second-order valence-electron chi connectivity index (χ2n) is 7.28. The number of aromatic nitrogens is 3. The number of hydrogen-bond donors (Lipinski definition) is 1. The number of halogens is 1. The Morgan fingerprint density at radius 1 is 1.23 bits per heavy atom. The SMILES string of the molecule is COc1ccc([C@@H]2c3nc[nH]c3CCN2C(=O)c2cc(-c3cccc(F)c3)no2)cc1. The molecule has 1 N–H and O–H groups in total. The van der Waals surface area contributed by atoms with Crippen molar-refractivity contribution in [3.63, 3.8) is 0 Å². The first-order valence-electron chi connectivity index (χ1n) is 9.84. The lowest BCUT2D eigenvalue weighted by atomic mass is 9.95. The monoisotopic (exact) mass is 418 g/mol. The van der Waals surface area contributed by atoms with Crippen LogP contribution in [0.25, 0.3) is 11.3 Å². The third-order valence-corrected chi connectivity index (χ3v) is 5.46. The van der Waals surface area contributed by atoms with Crippen molar-refractivity contribution in [1.29, 1.82) is 0 Å². The van der Waals surface area contributed by atoms with Crippen molar-refractivity contribution in [2.75, 3.05) is 13.7 Å². The molecule has 0 spiro atoms. The van der Waals surface area contributed by atoms with Gasteiger partial charge in [-0.1, -0.05) is 29.4 Å². The summed E-state index contributed by atoms with van der Waals surface area (Å²) in [5.41, 5.74) is 3.66. The first-order chi connectivity index (χ1) is 15.1. The van der Waals surface area contributed by atoms with Crippen LogP contribution in [0.3, 0.4) is 0 Å². The molecule has 31 heavy (non-hydrogen) atoms. The van der Waals surface area contributed by atoms with Gasteiger partial charge in [-0.2, -0.15) is 0 Å². The van der Waals surface area contributed by atoms with E-state index in [-0.39, 0.29) is 23.5 Å². The highest BCUT2D eigenvalue weighted by Gasteiger charge is 2.36. The van der Waals surface area contributed by atoms with Gasteiger partial charge in [-0.25, -0.2) is 9.37 Å². The lowest BCUT2D eigenvalue weighted by Gasteiger charge is -2.34. The minimum Gasteiger partial charge on any atom is -0.497 e. The summed E-state index contributed by atoms with van der Waals surface area (Å²) in [6.45, 7) is 0.487. The topological polar surface area (TPSA) is 84.2 Å². The summed E-state index contributed by atoms with van der Waals surface area (Å²) in [5, 5.41) is 3.97. The van der Waals surface area contributed by atoms with Gasteiger partial charge in [-0.3, -0.25) is 4.79 Å². The van der Waals surface area contributed by atoms with Crippen LogP contribution in [0.1, 0.15) is 33.5 Å². The molecule has 0 fully saturated rings. The number of carbonyl (C=O) groups is 1. The van der Waals surface area contributed by atoms with E-state index in [1.54, 1.807) is 36.5 Å². The maximum Gasteiger partial charge on any atom is 0.293 e. The van der Waals surface area contributed by atoms with Crippen LogP contribution in [0.2, 0.25) is 0 Å². The third kappa shape index (κ3) is 3.46. The molecule has 1 amide bonds. The van der Waals surface area contributed by atoms with Gasteiger partial charge in [-0.15, -0.1) is 0 Å². The molecular weight excluding hydrogens is 399 g/mol. The summed E-state index contributed by atoms with van der Waals surface area (Å²) in [6.07, 6.45) is 2.30. The summed E-state index contributed by atoms with van der Waals surface area (Å²) in [4.78, 5) is 22.8. The van der Waals surface area contributed by atoms with E-state index in [2.05, 4.69) is 15.1 Å². The Hall–Kier alpha value is -3.94. The summed E-state index contributed by atoms with van der Waals surface area (Å²) in [5.74, 6) is 0.145. The van der Waals surface area contributed by atoms with E-state index in [0.29, 0.717) is 24.2 Å². The van der Waals surface area contributed by atoms with Crippen LogP contribution in [-0.2, 0) is 6.42 Å². The van der Waals surface area contributed by atoms with E-state index in [1.165, 1.54) is 12.1 Å². The summed E-state index contributed by atoms with van der Waals surface area (Å²) in [6, 6.07) is 14.7. The number of methoxy groups -OCH3 is 1. The van der Waals surface area contributed by atoms with Gasteiger partial charge < -0.3 is 19.1 Å². The predicted molar refractivity (Wildman–Crippen MR) is 110 cm³/mol. The van der Waals surface area contributed by atoms with Gasteiger partial charge in [0.2, 0.25) is 5.76 Å². The molecule has 4 aromatic rings. The average Bonchev–Trinajstić information content (AvgIpc) is 3.48. The standard InChI is InChI=1S/C23H19FN4O3/c1-30-17-7-5-14(6-8-17)22-21-18(25-13-26-21)9-10-28(22)23(29)20-12-19(27-31-20)15-3-2-4-16(24)11-15/h2-8,11-13,22H,9-10H2,1H3,(H,25,26)/t22-/m1/s1. The van der Waals surface area contributed by atoms with Crippen LogP contribution in [0.5, 0.6) is 5.75 Å². The van der Waals surface area contributed by atoms with Gasteiger partial charge in [0.05, 0.1) is 19.1 Å². The highest BCUT2D eigenvalue weighted by Crippen LogP contribution is 2.35. The number of amides is 1. The molecule has 0 radical (unpaired) electrons. The van der Waals surface area contributed by atoms with Crippen LogP contribution in [0.4, 0.5) is 4.39 Å². The molecule has 3 heterocycles. The van der Waals surface area contributed by atoms with Crippen molar-refractivity contribution in [3.05, 3.63) is 89.5 Å². The Bertz CT molecular complexity index is 1230. The van der Waals surface area contributed by atoms with Crippen molar-refractivity contribution in [1.82, 2.24) is 20.0 Å². The fraction of sp³-hybridized carbons (Fsp3) is 0.174. The number of carbonyl (C=O) groups excluding carboxylic acids is 1. The Balaban J connectivity index is 1.50. The normalized spacial score (nSPS) is 15.5. The highest BCUT2D eigenvalue weighted by molar-refractivity contribution is 5.93. The van der Waals surface area contributed by atoms with Gasteiger partial charge in [-0.05, 0) is 29.8 Å². The molecule has 7 nitrogen and oxygen atoms in total. The predicted octanol–water partition coefficient (Wildman–Crippen LogP) is 4.00. The highest BCUT2D eigenvalue weighted by atomic mass is 19.1. The first-order valence-corrected chi connectivity index (χ1v) is 9.84. The number of aromatic amines is 1. The van der Waals surface area contributed by atoms with Crippen LogP contribution >= 0.6 is 0 Å². The molecule has 1 aliphatic heterocycles. The average molecular weight is 418 g/mol. The van der Waals surface area contributed by atoms with Gasteiger partial charge in [0, 0.05) is 30.3 Å². The second-order valence-corrected chi connectivity index (χ2v) is 7.28. The fourth-order valence-corrected chi connectivity index (χ4v) is 3.92. The maximum atomic E-state index is 13.6. The number of hydrogen-bond acceptors (Lipinski definition) is 5. The summed E-state index contributed by atoms with van der Waals surface area (Å²) < 4.78 is 24.2.